The van der Waals surface area contributed by atoms with Crippen molar-refractivity contribution in [1.82, 2.24) is 0 Å². The number of benzene rings is 1. The quantitative estimate of drug-likeness (QED) is 0.390. The van der Waals surface area contributed by atoms with Crippen molar-refractivity contribution < 1.29 is 13.6 Å². The van der Waals surface area contributed by atoms with Gasteiger partial charge in [-0.15, -0.1) is 0 Å². The molecule has 1 aromatic carbocycles. The first-order valence-electron chi connectivity index (χ1n) is 7.27. The molecule has 5 heteroatoms. The Morgan fingerprint density at radius 2 is 1.55 bits per heavy atom. The molecule has 0 spiro atoms. The fourth-order valence-corrected chi connectivity index (χ4v) is 4.73. The zero-order chi connectivity index (χ0) is 14.7. The predicted molar refractivity (Wildman–Crippen MR) is 87.1 cm³/mol. The lowest BCUT2D eigenvalue weighted by atomic mass is 10.2. The third-order valence-corrected chi connectivity index (χ3v) is 6.47. The molecule has 0 atom stereocenters. The van der Waals surface area contributed by atoms with Crippen LogP contribution in [0.1, 0.15) is 45.1 Å². The minimum atomic E-state index is -3.03. The van der Waals surface area contributed by atoms with Crippen LogP contribution in [-0.2, 0) is 19.4 Å². The van der Waals surface area contributed by atoms with Gasteiger partial charge in [-0.25, -0.2) is 4.57 Å². The van der Waals surface area contributed by atoms with E-state index in [0.29, 0.717) is 19.0 Å². The van der Waals surface area contributed by atoms with Crippen LogP contribution in [0.15, 0.2) is 30.3 Å². The van der Waals surface area contributed by atoms with Crippen LogP contribution in [0.2, 0.25) is 0 Å². The van der Waals surface area contributed by atoms with Crippen molar-refractivity contribution in [3.05, 3.63) is 35.9 Å². The first kappa shape index (κ1) is 17.8. The number of hydrogen-bond acceptors (Lipinski definition) is 4. The van der Waals surface area contributed by atoms with Crippen LogP contribution < -0.4 is 0 Å². The maximum Gasteiger partial charge on any atom is 0.389 e. The average molecular weight is 316 g/mol. The van der Waals surface area contributed by atoms with Gasteiger partial charge in [-0.2, -0.15) is 0 Å². The van der Waals surface area contributed by atoms with E-state index in [1.54, 1.807) is 0 Å². The lowest BCUT2D eigenvalue weighted by Crippen LogP contribution is -1.97. The Morgan fingerprint density at radius 3 is 2.05 bits per heavy atom. The molecule has 3 nitrogen and oxygen atoms in total. The van der Waals surface area contributed by atoms with E-state index in [-0.39, 0.29) is 0 Å². The van der Waals surface area contributed by atoms with E-state index in [0.717, 1.165) is 31.2 Å². The smallest absolute Gasteiger partial charge is 0.301 e. The van der Waals surface area contributed by atoms with Gasteiger partial charge in [0.05, 0.1) is 13.2 Å². The van der Waals surface area contributed by atoms with Gasteiger partial charge in [-0.05, 0) is 29.8 Å². The molecule has 1 rings (SSSR count). The molecule has 0 aliphatic heterocycles. The Bertz CT molecular complexity index is 383. The summed E-state index contributed by atoms with van der Waals surface area (Å²) in [6.45, 7) is 2.15. The highest BCUT2D eigenvalue weighted by molar-refractivity contribution is 8.54. The third-order valence-electron chi connectivity index (χ3n) is 2.73. The number of rotatable bonds is 11. The zero-order valence-electron chi connectivity index (χ0n) is 12.4. The SMILES string of the molecule is CCCCOP(=O)(OCCCC)SCc1ccccc1. The van der Waals surface area contributed by atoms with E-state index in [9.17, 15) is 4.57 Å². The Labute approximate surface area is 126 Å². The van der Waals surface area contributed by atoms with Crippen LogP contribution in [0.4, 0.5) is 0 Å². The molecular weight excluding hydrogens is 291 g/mol. The van der Waals surface area contributed by atoms with Gasteiger partial charge in [0.1, 0.15) is 0 Å². The van der Waals surface area contributed by atoms with E-state index >= 15 is 0 Å². The predicted octanol–water partition coefficient (Wildman–Crippen LogP) is 5.66. The first-order chi connectivity index (χ1) is 9.70. The highest BCUT2D eigenvalue weighted by Gasteiger charge is 2.25. The lowest BCUT2D eigenvalue weighted by molar-refractivity contribution is 0.215. The summed E-state index contributed by atoms with van der Waals surface area (Å²) in [4.78, 5) is 0. The van der Waals surface area contributed by atoms with E-state index in [1.165, 1.54) is 11.4 Å². The second-order valence-electron chi connectivity index (χ2n) is 4.58. The standard InChI is InChI=1S/C15H25O3PS/c1-3-5-12-17-19(16,18-13-6-4-2)20-14-15-10-8-7-9-11-15/h7-11H,3-6,12-14H2,1-2H3. The minimum absolute atomic E-state index is 0.502. The van der Waals surface area contributed by atoms with Crippen molar-refractivity contribution in [2.75, 3.05) is 13.2 Å². The molecule has 0 aromatic heterocycles. The fraction of sp³-hybridized carbons (Fsp3) is 0.600. The Balaban J connectivity index is 2.49. The largest absolute Gasteiger partial charge is 0.389 e. The van der Waals surface area contributed by atoms with E-state index in [1.807, 2.05) is 30.3 Å². The molecule has 0 saturated carbocycles. The summed E-state index contributed by atoms with van der Waals surface area (Å²) in [5.41, 5.74) is 1.14. The summed E-state index contributed by atoms with van der Waals surface area (Å²) < 4.78 is 23.7. The Morgan fingerprint density at radius 1 is 1.00 bits per heavy atom. The molecule has 0 amide bonds. The lowest BCUT2D eigenvalue weighted by Gasteiger charge is -2.17. The van der Waals surface area contributed by atoms with Gasteiger partial charge in [0.25, 0.3) is 0 Å². The van der Waals surface area contributed by atoms with Crippen molar-refractivity contribution in [1.29, 1.82) is 0 Å². The third kappa shape index (κ3) is 7.49. The highest BCUT2D eigenvalue weighted by Crippen LogP contribution is 2.61. The van der Waals surface area contributed by atoms with Gasteiger partial charge in [0.2, 0.25) is 0 Å². The summed E-state index contributed by atoms with van der Waals surface area (Å²) in [5.74, 6) is 0.649. The number of hydrogen-bond donors (Lipinski definition) is 0. The molecule has 0 aliphatic carbocycles. The van der Waals surface area contributed by atoms with E-state index in [4.69, 9.17) is 9.05 Å². The van der Waals surface area contributed by atoms with Crippen molar-refractivity contribution >= 4 is 18.2 Å². The summed E-state index contributed by atoms with van der Waals surface area (Å²) in [7, 11) is 0. The summed E-state index contributed by atoms with van der Waals surface area (Å²) in [5, 5.41) is 0. The summed E-state index contributed by atoms with van der Waals surface area (Å²) >= 11 is 1.29. The first-order valence-corrected chi connectivity index (χ1v) is 10.4. The van der Waals surface area contributed by atoms with Gasteiger partial charge in [-0.1, -0.05) is 57.0 Å². The molecule has 0 radical (unpaired) electrons. The van der Waals surface area contributed by atoms with E-state index < -0.39 is 6.80 Å². The van der Waals surface area contributed by atoms with Gasteiger partial charge in [-0.3, -0.25) is 0 Å². The molecule has 0 aliphatic rings. The van der Waals surface area contributed by atoms with Crippen LogP contribution in [0.5, 0.6) is 0 Å². The van der Waals surface area contributed by atoms with Crippen LogP contribution in [-0.4, -0.2) is 13.2 Å². The van der Waals surface area contributed by atoms with Crippen LogP contribution >= 0.6 is 18.2 Å². The van der Waals surface area contributed by atoms with Gasteiger partial charge in [0.15, 0.2) is 0 Å². The Kier molecular flexibility index (Phi) is 9.28. The van der Waals surface area contributed by atoms with Crippen molar-refractivity contribution in [3.63, 3.8) is 0 Å². The van der Waals surface area contributed by atoms with E-state index in [2.05, 4.69) is 13.8 Å². The molecule has 1 aromatic rings. The highest BCUT2D eigenvalue weighted by atomic mass is 32.7. The molecule has 0 unspecified atom stereocenters. The number of unbranched alkanes of at least 4 members (excludes halogenated alkanes) is 2. The maximum absolute atomic E-state index is 12.7. The minimum Gasteiger partial charge on any atom is -0.301 e. The van der Waals surface area contributed by atoms with Crippen LogP contribution in [0.25, 0.3) is 0 Å². The van der Waals surface area contributed by atoms with Gasteiger partial charge in [0, 0.05) is 5.75 Å². The van der Waals surface area contributed by atoms with Crippen molar-refractivity contribution in [3.8, 4) is 0 Å². The Hall–Kier alpha value is -0.280. The van der Waals surface area contributed by atoms with Crippen LogP contribution in [0, 0.1) is 0 Å². The monoisotopic (exact) mass is 316 g/mol. The molecule has 20 heavy (non-hydrogen) atoms. The zero-order valence-corrected chi connectivity index (χ0v) is 14.1. The molecule has 114 valence electrons. The van der Waals surface area contributed by atoms with Gasteiger partial charge >= 0.3 is 6.80 Å². The molecule has 0 bridgehead atoms. The second-order valence-corrected chi connectivity index (χ2v) is 8.65. The fourth-order valence-electron chi connectivity index (χ4n) is 1.48. The molecule has 0 N–H and O–H groups in total. The molecule has 0 fully saturated rings. The molecular formula is C15H25O3PS. The topological polar surface area (TPSA) is 35.5 Å². The van der Waals surface area contributed by atoms with Crippen LogP contribution in [0.3, 0.4) is 0 Å². The van der Waals surface area contributed by atoms with Crippen molar-refractivity contribution in [2.24, 2.45) is 0 Å². The molecule has 0 heterocycles. The normalized spacial score (nSPS) is 11.7. The average Bonchev–Trinajstić information content (AvgIpc) is 2.47. The molecule has 0 saturated heterocycles. The second kappa shape index (κ2) is 10.4. The van der Waals surface area contributed by atoms with Crippen molar-refractivity contribution in [2.45, 2.75) is 45.3 Å². The summed E-state index contributed by atoms with van der Waals surface area (Å²) in [6, 6.07) is 9.99. The maximum atomic E-state index is 12.7. The van der Waals surface area contributed by atoms with Gasteiger partial charge < -0.3 is 9.05 Å². The summed E-state index contributed by atoms with van der Waals surface area (Å²) in [6.07, 6.45) is 3.87.